The van der Waals surface area contributed by atoms with E-state index in [1.807, 2.05) is 12.2 Å². The van der Waals surface area contributed by atoms with Gasteiger partial charge < -0.3 is 10.5 Å². The van der Waals surface area contributed by atoms with E-state index < -0.39 is 0 Å². The van der Waals surface area contributed by atoms with Crippen LogP contribution in [0, 0.1) is 0 Å². The summed E-state index contributed by atoms with van der Waals surface area (Å²) in [7, 11) is 0. The van der Waals surface area contributed by atoms with Crippen LogP contribution in [0.15, 0.2) is 24.3 Å². The normalized spacial score (nSPS) is 11.4. The van der Waals surface area contributed by atoms with Gasteiger partial charge in [0.05, 0.1) is 0 Å². The molecule has 0 unspecified atom stereocenters. The molecule has 0 radical (unpaired) electrons. The van der Waals surface area contributed by atoms with Crippen LogP contribution in [-0.4, -0.2) is 19.1 Å². The second-order valence-electron chi connectivity index (χ2n) is 3.54. The number of allylic oxidation sites excluding steroid dienone is 3. The Kier molecular flexibility index (Phi) is 11.2. The molecule has 0 rings (SSSR count). The van der Waals surface area contributed by atoms with Gasteiger partial charge in [-0.1, -0.05) is 37.6 Å². The van der Waals surface area contributed by atoms with Crippen molar-refractivity contribution >= 4 is 5.97 Å². The minimum Gasteiger partial charge on any atom is -0.461 e. The highest BCUT2D eigenvalue weighted by atomic mass is 16.5. The molecule has 0 saturated carbocycles. The molecule has 0 aromatic carbocycles. The summed E-state index contributed by atoms with van der Waals surface area (Å²) in [4.78, 5) is 11.1. The monoisotopic (exact) mass is 225 g/mol. The van der Waals surface area contributed by atoms with Crippen LogP contribution in [0.1, 0.15) is 39.0 Å². The van der Waals surface area contributed by atoms with Crippen LogP contribution in [0.25, 0.3) is 0 Å². The summed E-state index contributed by atoms with van der Waals surface area (Å²) in [6, 6.07) is 0. The molecule has 2 N–H and O–H groups in total. The first-order valence-electron chi connectivity index (χ1n) is 5.97. The van der Waals surface area contributed by atoms with E-state index in [-0.39, 0.29) is 5.97 Å². The van der Waals surface area contributed by atoms with E-state index in [1.54, 1.807) is 0 Å². The molecular weight excluding hydrogens is 202 g/mol. The van der Waals surface area contributed by atoms with Crippen LogP contribution in [-0.2, 0) is 9.53 Å². The summed E-state index contributed by atoms with van der Waals surface area (Å²) in [6.07, 6.45) is 12.5. The van der Waals surface area contributed by atoms with Gasteiger partial charge in [0.1, 0.15) is 6.61 Å². The zero-order chi connectivity index (χ0) is 12.1. The van der Waals surface area contributed by atoms with Crippen LogP contribution in [0.2, 0.25) is 0 Å². The van der Waals surface area contributed by atoms with Gasteiger partial charge in [0.25, 0.3) is 0 Å². The number of nitrogens with two attached hydrogens (primary N) is 1. The number of hydrogen-bond acceptors (Lipinski definition) is 3. The van der Waals surface area contributed by atoms with Gasteiger partial charge in [-0.25, -0.2) is 0 Å². The second kappa shape index (κ2) is 12.0. The number of rotatable bonds is 9. The molecule has 0 aliphatic rings. The molecule has 0 heterocycles. The smallest absolute Gasteiger partial charge is 0.306 e. The van der Waals surface area contributed by atoms with E-state index in [1.165, 1.54) is 6.42 Å². The predicted molar refractivity (Wildman–Crippen MR) is 67.1 cm³/mol. The maximum atomic E-state index is 11.1. The average Bonchev–Trinajstić information content (AvgIpc) is 2.30. The Morgan fingerprint density at radius 3 is 2.69 bits per heavy atom. The Hall–Kier alpha value is -1.09. The van der Waals surface area contributed by atoms with Crippen LogP contribution >= 0.6 is 0 Å². The fourth-order valence-corrected chi connectivity index (χ4v) is 1.08. The molecular formula is C13H23NO2. The molecule has 0 spiro atoms. The van der Waals surface area contributed by atoms with Gasteiger partial charge in [0.2, 0.25) is 0 Å². The van der Waals surface area contributed by atoms with E-state index >= 15 is 0 Å². The molecule has 0 aliphatic heterocycles. The van der Waals surface area contributed by atoms with Crippen LogP contribution in [0.3, 0.4) is 0 Å². The molecule has 0 saturated heterocycles. The lowest BCUT2D eigenvalue weighted by atomic mass is 10.3. The Morgan fingerprint density at radius 2 is 2.00 bits per heavy atom. The number of esters is 1. The van der Waals surface area contributed by atoms with Gasteiger partial charge >= 0.3 is 5.97 Å². The average molecular weight is 225 g/mol. The quantitative estimate of drug-likeness (QED) is 0.484. The largest absolute Gasteiger partial charge is 0.461 e. The first-order valence-corrected chi connectivity index (χ1v) is 5.97. The molecule has 0 aliphatic carbocycles. The molecule has 16 heavy (non-hydrogen) atoms. The predicted octanol–water partition coefficient (Wildman–Crippen LogP) is 2.57. The third-order valence-corrected chi connectivity index (χ3v) is 1.99. The lowest BCUT2D eigenvalue weighted by Gasteiger charge is -1.99. The first kappa shape index (κ1) is 14.9. The summed E-state index contributed by atoms with van der Waals surface area (Å²) in [6.45, 7) is 3.05. The summed E-state index contributed by atoms with van der Waals surface area (Å²) in [5.74, 6) is -0.170. The van der Waals surface area contributed by atoms with E-state index in [0.29, 0.717) is 26.0 Å². The third kappa shape index (κ3) is 11.0. The molecule has 0 aromatic heterocycles. The maximum Gasteiger partial charge on any atom is 0.306 e. The standard InChI is InChI=1S/C13H23NO2/c1-2-3-4-5-6-7-8-12-16-13(15)10-9-11-14/h4-5,7-8H,2-3,6,9-12,14H2,1H3/b5-4-,8-7-. The number of carbonyl (C=O) groups is 1. The number of carbonyl (C=O) groups excluding carboxylic acids is 1. The van der Waals surface area contributed by atoms with Crippen molar-refractivity contribution in [2.45, 2.75) is 39.0 Å². The SMILES string of the molecule is CCC/C=C\C/C=C\COC(=O)CCCN. The minimum absolute atomic E-state index is 0.170. The van der Waals surface area contributed by atoms with E-state index in [9.17, 15) is 4.79 Å². The second-order valence-corrected chi connectivity index (χ2v) is 3.54. The van der Waals surface area contributed by atoms with Crippen LogP contribution in [0.4, 0.5) is 0 Å². The van der Waals surface area contributed by atoms with Crippen LogP contribution in [0.5, 0.6) is 0 Å². The highest BCUT2D eigenvalue weighted by Crippen LogP contribution is 1.94. The Bertz CT molecular complexity index is 222. The molecule has 0 bridgehead atoms. The zero-order valence-corrected chi connectivity index (χ0v) is 10.2. The van der Waals surface area contributed by atoms with E-state index in [0.717, 1.165) is 12.8 Å². The van der Waals surface area contributed by atoms with Crippen molar-refractivity contribution in [2.75, 3.05) is 13.2 Å². The summed E-state index contributed by atoms with van der Waals surface area (Å²) < 4.78 is 4.97. The molecule has 3 heteroatoms. The van der Waals surface area contributed by atoms with Gasteiger partial charge in [-0.2, -0.15) is 0 Å². The van der Waals surface area contributed by atoms with Gasteiger partial charge in [-0.05, 0) is 25.8 Å². The van der Waals surface area contributed by atoms with Crippen molar-refractivity contribution in [2.24, 2.45) is 5.73 Å². The van der Waals surface area contributed by atoms with Crippen LogP contribution < -0.4 is 5.73 Å². The van der Waals surface area contributed by atoms with Crippen molar-refractivity contribution < 1.29 is 9.53 Å². The van der Waals surface area contributed by atoms with Crippen molar-refractivity contribution in [3.63, 3.8) is 0 Å². The topological polar surface area (TPSA) is 52.3 Å². The zero-order valence-electron chi connectivity index (χ0n) is 10.2. The lowest BCUT2D eigenvalue weighted by molar-refractivity contribution is -0.142. The molecule has 0 atom stereocenters. The molecule has 0 aromatic rings. The van der Waals surface area contributed by atoms with Gasteiger partial charge in [-0.15, -0.1) is 0 Å². The van der Waals surface area contributed by atoms with Crippen molar-refractivity contribution in [3.05, 3.63) is 24.3 Å². The molecule has 0 amide bonds. The molecule has 0 fully saturated rings. The van der Waals surface area contributed by atoms with Crippen molar-refractivity contribution in [3.8, 4) is 0 Å². The summed E-state index contributed by atoms with van der Waals surface area (Å²) in [5, 5.41) is 0. The Balaban J connectivity index is 3.36. The van der Waals surface area contributed by atoms with Crippen molar-refractivity contribution in [1.82, 2.24) is 0 Å². The van der Waals surface area contributed by atoms with E-state index in [4.69, 9.17) is 10.5 Å². The fraction of sp³-hybridized carbons (Fsp3) is 0.615. The Labute approximate surface area is 98.4 Å². The number of unbranched alkanes of at least 4 members (excludes halogenated alkanes) is 1. The number of ether oxygens (including phenoxy) is 1. The fourth-order valence-electron chi connectivity index (χ4n) is 1.08. The maximum absolute atomic E-state index is 11.1. The molecule has 3 nitrogen and oxygen atoms in total. The van der Waals surface area contributed by atoms with Crippen molar-refractivity contribution in [1.29, 1.82) is 0 Å². The minimum atomic E-state index is -0.170. The third-order valence-electron chi connectivity index (χ3n) is 1.99. The number of hydrogen-bond donors (Lipinski definition) is 1. The highest BCUT2D eigenvalue weighted by Gasteiger charge is 1.98. The lowest BCUT2D eigenvalue weighted by Crippen LogP contribution is -2.07. The Morgan fingerprint density at radius 1 is 1.25 bits per heavy atom. The van der Waals surface area contributed by atoms with Gasteiger partial charge in [-0.3, -0.25) is 4.79 Å². The van der Waals surface area contributed by atoms with E-state index in [2.05, 4.69) is 19.1 Å². The summed E-state index contributed by atoms with van der Waals surface area (Å²) >= 11 is 0. The highest BCUT2D eigenvalue weighted by molar-refractivity contribution is 5.69. The summed E-state index contributed by atoms with van der Waals surface area (Å²) in [5.41, 5.74) is 5.28. The first-order chi connectivity index (χ1) is 7.81. The van der Waals surface area contributed by atoms with Gasteiger partial charge in [0, 0.05) is 6.42 Å². The molecule has 92 valence electrons. The van der Waals surface area contributed by atoms with Gasteiger partial charge in [0.15, 0.2) is 0 Å².